The van der Waals surface area contributed by atoms with Gasteiger partial charge in [-0.05, 0) is 43.4 Å². The van der Waals surface area contributed by atoms with Gasteiger partial charge in [-0.2, -0.15) is 5.10 Å². The zero-order valence-electron chi connectivity index (χ0n) is 13.3. The van der Waals surface area contributed by atoms with Crippen LogP contribution < -0.4 is 5.32 Å². The van der Waals surface area contributed by atoms with Gasteiger partial charge >= 0.3 is 0 Å². The summed E-state index contributed by atoms with van der Waals surface area (Å²) in [5.41, 5.74) is 0.318. The SMILES string of the molecule is O=C(NCCC1CCC(F)(F)CC1)c1cccc(-n2cccn2)n1. The zero-order valence-corrected chi connectivity index (χ0v) is 13.3. The average Bonchev–Trinajstić information content (AvgIpc) is 3.11. The van der Waals surface area contributed by atoms with Crippen molar-refractivity contribution in [1.82, 2.24) is 20.1 Å². The highest BCUT2D eigenvalue weighted by Crippen LogP contribution is 2.37. The van der Waals surface area contributed by atoms with Crippen LogP contribution in [0, 0.1) is 5.92 Å². The van der Waals surface area contributed by atoms with Crippen molar-refractivity contribution in [3.63, 3.8) is 0 Å². The number of halogens is 2. The van der Waals surface area contributed by atoms with Gasteiger partial charge in [0.1, 0.15) is 5.69 Å². The number of nitrogens with zero attached hydrogens (tertiary/aromatic N) is 3. The third kappa shape index (κ3) is 4.15. The van der Waals surface area contributed by atoms with Crippen molar-refractivity contribution in [3.8, 4) is 5.82 Å². The van der Waals surface area contributed by atoms with Gasteiger partial charge in [0.2, 0.25) is 5.92 Å². The predicted molar refractivity (Wildman–Crippen MR) is 85.2 cm³/mol. The summed E-state index contributed by atoms with van der Waals surface area (Å²) in [6, 6.07) is 6.94. The Bertz CT molecular complexity index is 678. The minimum atomic E-state index is -2.50. The molecule has 24 heavy (non-hydrogen) atoms. The Labute approximate surface area is 139 Å². The number of hydrogen-bond acceptors (Lipinski definition) is 3. The highest BCUT2D eigenvalue weighted by molar-refractivity contribution is 5.92. The number of carbonyl (C=O) groups is 1. The Kier molecular flexibility index (Phi) is 4.87. The van der Waals surface area contributed by atoms with Crippen LogP contribution in [0.4, 0.5) is 8.78 Å². The first-order valence-corrected chi connectivity index (χ1v) is 8.17. The number of amides is 1. The lowest BCUT2D eigenvalue weighted by Crippen LogP contribution is -2.29. The summed E-state index contributed by atoms with van der Waals surface area (Å²) in [6.45, 7) is 0.475. The molecule has 0 aromatic carbocycles. The lowest BCUT2D eigenvalue weighted by atomic mass is 9.85. The number of alkyl halides is 2. The Balaban J connectivity index is 1.50. The standard InChI is InChI=1S/C17H20F2N4O/c18-17(19)8-5-13(6-9-17)7-11-20-16(24)14-3-1-4-15(22-14)23-12-2-10-21-23/h1-4,10,12-13H,5-9,11H2,(H,20,24). The van der Waals surface area contributed by atoms with Crippen LogP contribution in [0.25, 0.3) is 5.82 Å². The molecule has 1 saturated carbocycles. The smallest absolute Gasteiger partial charge is 0.269 e. The first kappa shape index (κ1) is 16.5. The summed E-state index contributed by atoms with van der Waals surface area (Å²) in [5, 5.41) is 6.90. The average molecular weight is 334 g/mol. The Morgan fingerprint density at radius 3 is 2.79 bits per heavy atom. The molecule has 1 N–H and O–H groups in total. The molecule has 1 amide bonds. The van der Waals surface area contributed by atoms with Crippen LogP contribution >= 0.6 is 0 Å². The molecule has 0 spiro atoms. The summed E-state index contributed by atoms with van der Waals surface area (Å²) in [5.74, 6) is -1.93. The monoisotopic (exact) mass is 334 g/mol. The van der Waals surface area contributed by atoms with Crippen molar-refractivity contribution < 1.29 is 13.6 Å². The molecule has 1 fully saturated rings. The highest BCUT2D eigenvalue weighted by atomic mass is 19.3. The molecule has 2 heterocycles. The van der Waals surface area contributed by atoms with Gasteiger partial charge in [-0.15, -0.1) is 0 Å². The molecule has 7 heteroatoms. The summed E-state index contributed by atoms with van der Waals surface area (Å²) >= 11 is 0. The lowest BCUT2D eigenvalue weighted by molar-refractivity contribution is -0.0464. The molecule has 0 aliphatic heterocycles. The van der Waals surface area contributed by atoms with Gasteiger partial charge < -0.3 is 5.32 Å². The van der Waals surface area contributed by atoms with E-state index in [0.29, 0.717) is 30.9 Å². The van der Waals surface area contributed by atoms with Crippen molar-refractivity contribution in [2.75, 3.05) is 6.54 Å². The second-order valence-electron chi connectivity index (χ2n) is 6.18. The summed E-state index contributed by atoms with van der Waals surface area (Å²) < 4.78 is 27.8. The number of carbonyl (C=O) groups excluding carboxylic acids is 1. The fourth-order valence-corrected chi connectivity index (χ4v) is 2.95. The van der Waals surface area contributed by atoms with E-state index in [1.807, 2.05) is 0 Å². The van der Waals surface area contributed by atoms with E-state index in [4.69, 9.17) is 0 Å². The van der Waals surface area contributed by atoms with Crippen molar-refractivity contribution in [1.29, 1.82) is 0 Å². The topological polar surface area (TPSA) is 59.8 Å². The van der Waals surface area contributed by atoms with Gasteiger partial charge in [0, 0.05) is 31.8 Å². The third-order valence-electron chi connectivity index (χ3n) is 4.38. The molecule has 1 aliphatic rings. The number of rotatable bonds is 5. The van der Waals surface area contributed by atoms with Crippen LogP contribution in [0.5, 0.6) is 0 Å². The van der Waals surface area contributed by atoms with Crippen LogP contribution in [0.15, 0.2) is 36.7 Å². The first-order valence-electron chi connectivity index (χ1n) is 8.17. The molecule has 0 saturated heterocycles. The Morgan fingerprint density at radius 1 is 1.29 bits per heavy atom. The fourth-order valence-electron chi connectivity index (χ4n) is 2.95. The molecule has 0 radical (unpaired) electrons. The van der Waals surface area contributed by atoms with E-state index in [2.05, 4.69) is 15.4 Å². The number of aromatic nitrogens is 3. The number of hydrogen-bond donors (Lipinski definition) is 1. The van der Waals surface area contributed by atoms with Crippen LogP contribution in [0.3, 0.4) is 0 Å². The second kappa shape index (κ2) is 7.07. The highest BCUT2D eigenvalue weighted by Gasteiger charge is 2.34. The summed E-state index contributed by atoms with van der Waals surface area (Å²) in [7, 11) is 0. The Hall–Kier alpha value is -2.31. The fraction of sp³-hybridized carbons (Fsp3) is 0.471. The van der Waals surface area contributed by atoms with Gasteiger partial charge in [0.15, 0.2) is 5.82 Å². The van der Waals surface area contributed by atoms with Crippen LogP contribution in [-0.2, 0) is 0 Å². The molecule has 2 aromatic rings. The van der Waals surface area contributed by atoms with Crippen LogP contribution in [0.1, 0.15) is 42.6 Å². The summed E-state index contributed by atoms with van der Waals surface area (Å²) in [6.07, 6.45) is 5.08. The third-order valence-corrected chi connectivity index (χ3v) is 4.38. The Morgan fingerprint density at radius 2 is 2.08 bits per heavy atom. The largest absolute Gasteiger partial charge is 0.351 e. The minimum absolute atomic E-state index is 0.0426. The van der Waals surface area contributed by atoms with Crippen molar-refractivity contribution in [2.24, 2.45) is 5.92 Å². The van der Waals surface area contributed by atoms with E-state index in [9.17, 15) is 13.6 Å². The minimum Gasteiger partial charge on any atom is -0.351 e. The lowest BCUT2D eigenvalue weighted by Gasteiger charge is -2.28. The van der Waals surface area contributed by atoms with Crippen LogP contribution in [0.2, 0.25) is 0 Å². The molecular formula is C17H20F2N4O. The number of pyridine rings is 1. The van der Waals surface area contributed by atoms with E-state index >= 15 is 0 Å². The van der Waals surface area contributed by atoms with E-state index in [-0.39, 0.29) is 24.7 Å². The molecule has 0 unspecified atom stereocenters. The molecule has 128 valence electrons. The van der Waals surface area contributed by atoms with Gasteiger partial charge in [-0.25, -0.2) is 18.4 Å². The summed E-state index contributed by atoms with van der Waals surface area (Å²) in [4.78, 5) is 16.5. The van der Waals surface area contributed by atoms with E-state index in [1.165, 1.54) is 0 Å². The molecule has 5 nitrogen and oxygen atoms in total. The quantitative estimate of drug-likeness (QED) is 0.913. The molecule has 3 rings (SSSR count). The molecular weight excluding hydrogens is 314 g/mol. The van der Waals surface area contributed by atoms with Gasteiger partial charge in [-0.3, -0.25) is 4.79 Å². The normalized spacial score (nSPS) is 17.6. The van der Waals surface area contributed by atoms with Gasteiger partial charge in [0.25, 0.3) is 5.91 Å². The molecule has 2 aromatic heterocycles. The van der Waals surface area contributed by atoms with Crippen LogP contribution in [-0.4, -0.2) is 33.1 Å². The predicted octanol–water partition coefficient (Wildman–Crippen LogP) is 3.21. The van der Waals surface area contributed by atoms with Crippen molar-refractivity contribution in [3.05, 3.63) is 42.4 Å². The molecule has 0 atom stereocenters. The maximum Gasteiger partial charge on any atom is 0.269 e. The van der Waals surface area contributed by atoms with Crippen molar-refractivity contribution >= 4 is 5.91 Å². The molecule has 0 bridgehead atoms. The second-order valence-corrected chi connectivity index (χ2v) is 6.18. The van der Waals surface area contributed by atoms with Crippen molar-refractivity contribution in [2.45, 2.75) is 38.0 Å². The maximum absolute atomic E-state index is 13.1. The first-order chi connectivity index (χ1) is 11.5. The maximum atomic E-state index is 13.1. The van der Waals surface area contributed by atoms with Gasteiger partial charge in [0.05, 0.1) is 0 Å². The molecule has 1 aliphatic carbocycles. The van der Waals surface area contributed by atoms with E-state index < -0.39 is 5.92 Å². The number of nitrogens with one attached hydrogen (secondary N) is 1. The van der Waals surface area contributed by atoms with Gasteiger partial charge in [-0.1, -0.05) is 6.07 Å². The van der Waals surface area contributed by atoms with E-state index in [1.54, 1.807) is 41.3 Å². The van der Waals surface area contributed by atoms with E-state index in [0.717, 1.165) is 6.42 Å². The zero-order chi connectivity index (χ0) is 17.0.